The second-order valence-electron chi connectivity index (χ2n) is 7.80. The molecule has 0 saturated carbocycles. The summed E-state index contributed by atoms with van der Waals surface area (Å²) in [5, 5.41) is 5.81. The van der Waals surface area contributed by atoms with Crippen LogP contribution in [0.2, 0.25) is 5.02 Å². The molecule has 1 aliphatic heterocycles. The van der Waals surface area contributed by atoms with Gasteiger partial charge in [0.15, 0.2) is 0 Å². The standard InChI is InChI=1S/C26H19Cl2N3O5/c1-14-9-10-17(27)13-20(14)30-23(32)15-5-3-7-18(11-15)29-22-21(28)24(33)31(25(22)34)19-8-4-6-16(12-19)26(35)36-2/h3-13,29H,1-2H3,(H,30,32). The lowest BCUT2D eigenvalue weighted by molar-refractivity contribution is -0.120. The number of esters is 1. The predicted octanol–water partition coefficient (Wildman–Crippen LogP) is 5.12. The number of nitrogens with one attached hydrogen (secondary N) is 2. The zero-order valence-corrected chi connectivity index (χ0v) is 20.6. The quantitative estimate of drug-likeness (QED) is 0.343. The lowest BCUT2D eigenvalue weighted by Crippen LogP contribution is -2.32. The number of anilines is 3. The maximum Gasteiger partial charge on any atom is 0.337 e. The molecule has 0 bridgehead atoms. The average Bonchev–Trinajstić information content (AvgIpc) is 3.08. The van der Waals surface area contributed by atoms with E-state index in [1.54, 1.807) is 36.4 Å². The first kappa shape index (κ1) is 25.0. The first-order valence-electron chi connectivity index (χ1n) is 10.6. The molecule has 0 saturated heterocycles. The molecular weight excluding hydrogens is 505 g/mol. The zero-order chi connectivity index (χ0) is 26.0. The summed E-state index contributed by atoms with van der Waals surface area (Å²) in [5.41, 5.74) is 2.24. The Morgan fingerprint density at radius 3 is 2.36 bits per heavy atom. The number of hydrogen-bond acceptors (Lipinski definition) is 6. The number of halogens is 2. The number of ether oxygens (including phenoxy) is 1. The third-order valence-electron chi connectivity index (χ3n) is 5.39. The van der Waals surface area contributed by atoms with Gasteiger partial charge in [-0.3, -0.25) is 14.4 Å². The Kier molecular flexibility index (Phi) is 7.10. The van der Waals surface area contributed by atoms with Gasteiger partial charge in [0.05, 0.1) is 18.4 Å². The molecule has 3 aromatic rings. The Bertz CT molecular complexity index is 1450. The van der Waals surface area contributed by atoms with E-state index in [0.717, 1.165) is 10.5 Å². The van der Waals surface area contributed by atoms with Crippen LogP contribution < -0.4 is 15.5 Å². The van der Waals surface area contributed by atoms with E-state index in [2.05, 4.69) is 10.6 Å². The fraction of sp³-hybridized carbons (Fsp3) is 0.0769. The number of hydrogen-bond donors (Lipinski definition) is 2. The van der Waals surface area contributed by atoms with Crippen molar-refractivity contribution in [3.63, 3.8) is 0 Å². The monoisotopic (exact) mass is 523 g/mol. The van der Waals surface area contributed by atoms with Gasteiger partial charge < -0.3 is 15.4 Å². The van der Waals surface area contributed by atoms with Gasteiger partial charge in [-0.25, -0.2) is 9.69 Å². The highest BCUT2D eigenvalue weighted by Gasteiger charge is 2.39. The predicted molar refractivity (Wildman–Crippen MR) is 137 cm³/mol. The largest absolute Gasteiger partial charge is 0.465 e. The van der Waals surface area contributed by atoms with Gasteiger partial charge >= 0.3 is 5.97 Å². The average molecular weight is 524 g/mol. The summed E-state index contributed by atoms with van der Waals surface area (Å²) in [6.45, 7) is 1.84. The van der Waals surface area contributed by atoms with Crippen LogP contribution >= 0.6 is 23.2 Å². The molecule has 8 nitrogen and oxygen atoms in total. The van der Waals surface area contributed by atoms with E-state index in [9.17, 15) is 19.2 Å². The van der Waals surface area contributed by atoms with E-state index < -0.39 is 17.8 Å². The molecule has 0 aromatic heterocycles. The molecule has 0 atom stereocenters. The molecule has 3 amide bonds. The smallest absolute Gasteiger partial charge is 0.337 e. The van der Waals surface area contributed by atoms with Crippen molar-refractivity contribution in [3.8, 4) is 0 Å². The molecule has 182 valence electrons. The van der Waals surface area contributed by atoms with Gasteiger partial charge in [0.1, 0.15) is 10.7 Å². The minimum atomic E-state index is -0.753. The normalized spacial score (nSPS) is 13.2. The second-order valence-corrected chi connectivity index (χ2v) is 8.61. The second kappa shape index (κ2) is 10.2. The highest BCUT2D eigenvalue weighted by molar-refractivity contribution is 6.53. The minimum Gasteiger partial charge on any atom is -0.465 e. The molecule has 2 N–H and O–H groups in total. The maximum atomic E-state index is 13.1. The first-order valence-corrected chi connectivity index (χ1v) is 11.4. The summed E-state index contributed by atoms with van der Waals surface area (Å²) >= 11 is 12.2. The Balaban J connectivity index is 1.55. The maximum absolute atomic E-state index is 13.1. The number of carbonyl (C=O) groups excluding carboxylic acids is 4. The molecule has 0 aliphatic carbocycles. The molecule has 36 heavy (non-hydrogen) atoms. The minimum absolute atomic E-state index is 0.159. The van der Waals surface area contributed by atoms with Gasteiger partial charge in [-0.2, -0.15) is 0 Å². The number of aryl methyl sites for hydroxylation is 1. The van der Waals surface area contributed by atoms with Gasteiger partial charge in [0, 0.05) is 22.0 Å². The van der Waals surface area contributed by atoms with Gasteiger partial charge in [-0.15, -0.1) is 0 Å². The topological polar surface area (TPSA) is 105 Å². The molecule has 0 fully saturated rings. The van der Waals surface area contributed by atoms with Gasteiger partial charge in [0.2, 0.25) is 0 Å². The third-order valence-corrected chi connectivity index (χ3v) is 5.98. The molecule has 3 aromatic carbocycles. The third kappa shape index (κ3) is 4.95. The molecular formula is C26H19Cl2N3O5. The Morgan fingerprint density at radius 2 is 1.61 bits per heavy atom. The van der Waals surface area contributed by atoms with Gasteiger partial charge in [-0.1, -0.05) is 41.4 Å². The summed E-state index contributed by atoms with van der Waals surface area (Å²) in [6.07, 6.45) is 0. The van der Waals surface area contributed by atoms with Crippen LogP contribution in [0.4, 0.5) is 17.1 Å². The van der Waals surface area contributed by atoms with E-state index in [1.807, 2.05) is 6.92 Å². The summed E-state index contributed by atoms with van der Waals surface area (Å²) in [6, 6.07) is 17.4. The number of rotatable bonds is 6. The Hall–Kier alpha value is -4.14. The van der Waals surface area contributed by atoms with Crippen LogP contribution in [0.25, 0.3) is 0 Å². The molecule has 10 heteroatoms. The van der Waals surface area contributed by atoms with E-state index in [4.69, 9.17) is 27.9 Å². The van der Waals surface area contributed by atoms with Crippen LogP contribution in [0.1, 0.15) is 26.3 Å². The van der Waals surface area contributed by atoms with Crippen molar-refractivity contribution in [2.24, 2.45) is 0 Å². The zero-order valence-electron chi connectivity index (χ0n) is 19.1. The number of benzene rings is 3. The van der Waals surface area contributed by atoms with Crippen molar-refractivity contribution in [3.05, 3.63) is 99.2 Å². The van der Waals surface area contributed by atoms with Crippen molar-refractivity contribution in [2.45, 2.75) is 6.92 Å². The fourth-order valence-corrected chi connectivity index (χ4v) is 3.93. The van der Waals surface area contributed by atoms with Crippen LogP contribution in [0.3, 0.4) is 0 Å². The van der Waals surface area contributed by atoms with E-state index in [0.29, 0.717) is 22.0 Å². The SMILES string of the molecule is COC(=O)c1cccc(N2C(=O)C(Cl)=C(Nc3cccc(C(=O)Nc4cc(Cl)ccc4C)c3)C2=O)c1. The van der Waals surface area contributed by atoms with E-state index in [-0.39, 0.29) is 27.9 Å². The molecule has 4 rings (SSSR count). The van der Waals surface area contributed by atoms with Gasteiger partial charge in [-0.05, 0) is 61.0 Å². The molecule has 0 spiro atoms. The van der Waals surface area contributed by atoms with Crippen LogP contribution in [0.5, 0.6) is 0 Å². The van der Waals surface area contributed by atoms with Gasteiger partial charge in [0.25, 0.3) is 17.7 Å². The van der Waals surface area contributed by atoms with Crippen molar-refractivity contribution in [2.75, 3.05) is 22.6 Å². The van der Waals surface area contributed by atoms with Crippen molar-refractivity contribution in [1.82, 2.24) is 0 Å². The van der Waals surface area contributed by atoms with Crippen molar-refractivity contribution >= 4 is 64.0 Å². The number of methoxy groups -OCH3 is 1. The highest BCUT2D eigenvalue weighted by Crippen LogP contribution is 2.31. The van der Waals surface area contributed by atoms with Crippen molar-refractivity contribution < 1.29 is 23.9 Å². The summed E-state index contributed by atoms with van der Waals surface area (Å²) in [5.74, 6) is -2.47. The van der Waals surface area contributed by atoms with Crippen LogP contribution in [0, 0.1) is 6.92 Å². The highest BCUT2D eigenvalue weighted by atomic mass is 35.5. The number of nitrogens with zero attached hydrogens (tertiary/aromatic N) is 1. The summed E-state index contributed by atoms with van der Waals surface area (Å²) < 4.78 is 4.69. The summed E-state index contributed by atoms with van der Waals surface area (Å²) in [7, 11) is 1.23. The Morgan fingerprint density at radius 1 is 0.889 bits per heavy atom. The number of amides is 3. The lowest BCUT2D eigenvalue weighted by Gasteiger charge is -2.16. The summed E-state index contributed by atoms with van der Waals surface area (Å²) in [4.78, 5) is 51.4. The molecule has 0 radical (unpaired) electrons. The van der Waals surface area contributed by atoms with Crippen LogP contribution in [-0.2, 0) is 14.3 Å². The van der Waals surface area contributed by atoms with Crippen molar-refractivity contribution in [1.29, 1.82) is 0 Å². The fourth-order valence-electron chi connectivity index (χ4n) is 3.54. The van der Waals surface area contributed by atoms with Crippen LogP contribution in [0.15, 0.2) is 77.5 Å². The molecule has 1 heterocycles. The first-order chi connectivity index (χ1) is 17.2. The molecule has 1 aliphatic rings. The Labute approximate surface area is 216 Å². The van der Waals surface area contributed by atoms with E-state index >= 15 is 0 Å². The number of imide groups is 1. The van der Waals surface area contributed by atoms with Crippen LogP contribution in [-0.4, -0.2) is 30.8 Å². The van der Waals surface area contributed by atoms with E-state index in [1.165, 1.54) is 37.4 Å². The lowest BCUT2D eigenvalue weighted by atomic mass is 10.1. The number of carbonyl (C=O) groups is 4. The molecule has 0 unspecified atom stereocenters.